The Bertz CT molecular complexity index is 602. The fourth-order valence-corrected chi connectivity index (χ4v) is 3.13. The molecule has 0 radical (unpaired) electrons. The van der Waals surface area contributed by atoms with Crippen LogP contribution < -0.4 is 11.1 Å². The second kappa shape index (κ2) is 9.60. The van der Waals surface area contributed by atoms with Crippen molar-refractivity contribution in [1.82, 2.24) is 0 Å². The Balaban J connectivity index is 0.00000264. The van der Waals surface area contributed by atoms with Crippen LogP contribution in [0.25, 0.3) is 0 Å². The van der Waals surface area contributed by atoms with Crippen LogP contribution in [0, 0.1) is 0 Å². The molecule has 2 rings (SSSR count). The number of thioether (sulfide) groups is 1. The molecule has 23 heavy (non-hydrogen) atoms. The van der Waals surface area contributed by atoms with Gasteiger partial charge in [-0.2, -0.15) is 0 Å². The topological polar surface area (TPSA) is 55.1 Å². The fourth-order valence-electron chi connectivity index (χ4n) is 2.11. The van der Waals surface area contributed by atoms with Gasteiger partial charge in [-0.05, 0) is 43.7 Å². The van der Waals surface area contributed by atoms with Gasteiger partial charge in [-0.1, -0.05) is 30.3 Å². The summed E-state index contributed by atoms with van der Waals surface area (Å²) in [5.41, 5.74) is 7.67. The normalized spacial score (nSPS) is 12.8. The van der Waals surface area contributed by atoms with E-state index in [1.165, 1.54) is 10.5 Å². The molecular weight excluding hydrogens is 328 g/mol. The predicted molar refractivity (Wildman–Crippen MR) is 101 cm³/mol. The minimum absolute atomic E-state index is 0. The number of hydrogen-bond acceptors (Lipinski definition) is 3. The Kier molecular flexibility index (Phi) is 8.17. The van der Waals surface area contributed by atoms with Crippen molar-refractivity contribution in [2.45, 2.75) is 36.5 Å². The van der Waals surface area contributed by atoms with Crippen molar-refractivity contribution in [3.63, 3.8) is 0 Å². The average Bonchev–Trinajstić information content (AvgIpc) is 2.48. The van der Waals surface area contributed by atoms with Crippen molar-refractivity contribution >= 4 is 35.8 Å². The van der Waals surface area contributed by atoms with Gasteiger partial charge in [0.15, 0.2) is 0 Å². The van der Waals surface area contributed by atoms with Crippen LogP contribution in [0.15, 0.2) is 59.5 Å². The lowest BCUT2D eigenvalue weighted by atomic mass is 10.1. The first-order valence-electron chi connectivity index (χ1n) is 7.41. The van der Waals surface area contributed by atoms with Crippen molar-refractivity contribution in [3.8, 4) is 0 Å². The summed E-state index contributed by atoms with van der Waals surface area (Å²) in [6.07, 6.45) is 0.335. The van der Waals surface area contributed by atoms with Crippen LogP contribution in [0.5, 0.6) is 0 Å². The Morgan fingerprint density at radius 3 is 2.26 bits per heavy atom. The monoisotopic (exact) mass is 350 g/mol. The Morgan fingerprint density at radius 1 is 1.09 bits per heavy atom. The number of carbonyl (C=O) groups excluding carboxylic acids is 1. The van der Waals surface area contributed by atoms with Crippen LogP contribution >= 0.6 is 24.2 Å². The minimum atomic E-state index is -0.124. The lowest BCUT2D eigenvalue weighted by Gasteiger charge is -2.13. The fraction of sp³-hybridized carbons (Fsp3) is 0.278. The number of nitrogens with one attached hydrogen (secondary N) is 1. The van der Waals surface area contributed by atoms with Gasteiger partial charge in [-0.3, -0.25) is 4.79 Å². The first kappa shape index (κ1) is 19.6. The molecule has 0 saturated heterocycles. The number of nitrogens with two attached hydrogens (primary N) is 1. The molecule has 1 amide bonds. The van der Waals surface area contributed by atoms with Crippen molar-refractivity contribution in [3.05, 3.63) is 60.2 Å². The van der Waals surface area contributed by atoms with Gasteiger partial charge in [-0.25, -0.2) is 0 Å². The van der Waals surface area contributed by atoms with E-state index in [0.717, 1.165) is 5.69 Å². The molecule has 5 heteroatoms. The maximum Gasteiger partial charge on any atom is 0.225 e. The van der Waals surface area contributed by atoms with Crippen LogP contribution in [0.4, 0.5) is 5.69 Å². The maximum absolute atomic E-state index is 11.7. The highest BCUT2D eigenvalue weighted by atomic mass is 35.5. The van der Waals surface area contributed by atoms with Gasteiger partial charge >= 0.3 is 0 Å². The van der Waals surface area contributed by atoms with Crippen LogP contribution in [0.2, 0.25) is 0 Å². The third kappa shape index (κ3) is 6.65. The van der Waals surface area contributed by atoms with Crippen molar-refractivity contribution in [1.29, 1.82) is 0 Å². The van der Waals surface area contributed by atoms with Gasteiger partial charge in [0.25, 0.3) is 0 Å². The molecule has 3 N–H and O–H groups in total. The number of anilines is 1. The lowest BCUT2D eigenvalue weighted by Crippen LogP contribution is -2.23. The van der Waals surface area contributed by atoms with Gasteiger partial charge in [0.1, 0.15) is 0 Å². The summed E-state index contributed by atoms with van der Waals surface area (Å²) in [5.74, 6) is -0.0468. The maximum atomic E-state index is 11.7. The van der Waals surface area contributed by atoms with Crippen molar-refractivity contribution < 1.29 is 4.79 Å². The Morgan fingerprint density at radius 2 is 1.70 bits per heavy atom. The molecule has 0 heterocycles. The van der Waals surface area contributed by atoms with Gasteiger partial charge in [0.2, 0.25) is 5.91 Å². The van der Waals surface area contributed by atoms with Crippen LogP contribution in [-0.2, 0) is 4.79 Å². The molecule has 3 nitrogen and oxygen atoms in total. The van der Waals surface area contributed by atoms with E-state index in [-0.39, 0.29) is 24.4 Å². The molecule has 0 spiro atoms. The van der Waals surface area contributed by atoms with E-state index in [4.69, 9.17) is 5.73 Å². The number of benzene rings is 2. The van der Waals surface area contributed by atoms with E-state index in [0.29, 0.717) is 11.7 Å². The van der Waals surface area contributed by atoms with Crippen LogP contribution in [0.3, 0.4) is 0 Å². The zero-order chi connectivity index (χ0) is 15.9. The number of carbonyl (C=O) groups is 1. The summed E-state index contributed by atoms with van der Waals surface area (Å²) >= 11 is 1.82. The zero-order valence-electron chi connectivity index (χ0n) is 13.4. The molecule has 2 aromatic carbocycles. The smallest absolute Gasteiger partial charge is 0.225 e. The third-order valence-corrected chi connectivity index (χ3v) is 4.40. The Hall–Kier alpha value is -1.49. The quantitative estimate of drug-likeness (QED) is 0.746. The summed E-state index contributed by atoms with van der Waals surface area (Å²) < 4.78 is 0. The van der Waals surface area contributed by atoms with E-state index >= 15 is 0 Å². The number of rotatable bonds is 6. The van der Waals surface area contributed by atoms with Gasteiger partial charge < -0.3 is 11.1 Å². The summed E-state index contributed by atoms with van der Waals surface area (Å²) in [6.45, 7) is 4.01. The first-order chi connectivity index (χ1) is 10.5. The molecule has 0 bridgehead atoms. The third-order valence-electron chi connectivity index (χ3n) is 3.23. The molecule has 0 aliphatic rings. The highest BCUT2D eigenvalue weighted by molar-refractivity contribution is 7.99. The standard InChI is InChI=1S/C18H22N2OS.ClH/c1-13(19)12-18(21)20-16-10-8-15(9-11-16)14(2)22-17-6-4-3-5-7-17;/h3-11,13-14H,12,19H2,1-2H3,(H,20,21);1H. The molecule has 124 valence electrons. The van der Waals surface area contributed by atoms with Gasteiger partial charge in [0.05, 0.1) is 0 Å². The summed E-state index contributed by atoms with van der Waals surface area (Å²) in [4.78, 5) is 12.9. The average molecular weight is 351 g/mol. The number of halogens is 1. The molecule has 0 aliphatic carbocycles. The SMILES string of the molecule is CC(N)CC(=O)Nc1ccc(C(C)Sc2ccccc2)cc1.Cl. The summed E-state index contributed by atoms with van der Waals surface area (Å²) in [7, 11) is 0. The predicted octanol–water partition coefficient (Wildman–Crippen LogP) is 4.64. The lowest BCUT2D eigenvalue weighted by molar-refractivity contribution is -0.116. The second-order valence-electron chi connectivity index (χ2n) is 5.42. The molecule has 0 aromatic heterocycles. The number of hydrogen-bond donors (Lipinski definition) is 2. The summed E-state index contributed by atoms with van der Waals surface area (Å²) in [6, 6.07) is 18.2. The summed E-state index contributed by atoms with van der Waals surface area (Å²) in [5, 5.41) is 3.22. The van der Waals surface area contributed by atoms with E-state index < -0.39 is 0 Å². The molecule has 0 fully saturated rings. The highest BCUT2D eigenvalue weighted by Gasteiger charge is 2.09. The van der Waals surface area contributed by atoms with E-state index in [9.17, 15) is 4.79 Å². The number of amides is 1. The Labute approximate surface area is 148 Å². The van der Waals surface area contributed by atoms with Gasteiger partial charge in [-0.15, -0.1) is 24.2 Å². The van der Waals surface area contributed by atoms with Crippen LogP contribution in [0.1, 0.15) is 31.1 Å². The molecule has 0 aliphatic heterocycles. The van der Waals surface area contributed by atoms with Crippen molar-refractivity contribution in [2.75, 3.05) is 5.32 Å². The first-order valence-corrected chi connectivity index (χ1v) is 8.29. The van der Waals surface area contributed by atoms with Crippen molar-refractivity contribution in [2.24, 2.45) is 5.73 Å². The molecular formula is C18H23ClN2OS. The molecule has 2 atom stereocenters. The van der Waals surface area contributed by atoms with Crippen LogP contribution in [-0.4, -0.2) is 11.9 Å². The second-order valence-corrected chi connectivity index (χ2v) is 6.84. The van der Waals surface area contributed by atoms with Gasteiger partial charge in [0, 0.05) is 28.3 Å². The highest BCUT2D eigenvalue weighted by Crippen LogP contribution is 2.34. The molecule has 2 aromatic rings. The largest absolute Gasteiger partial charge is 0.327 e. The van der Waals surface area contributed by atoms with E-state index in [1.54, 1.807) is 0 Å². The molecule has 2 unspecified atom stereocenters. The molecule has 0 saturated carbocycles. The van der Waals surface area contributed by atoms with E-state index in [1.807, 2.05) is 49.0 Å². The zero-order valence-corrected chi connectivity index (χ0v) is 15.0. The minimum Gasteiger partial charge on any atom is -0.327 e. The van der Waals surface area contributed by atoms with E-state index in [2.05, 4.69) is 36.5 Å².